The van der Waals surface area contributed by atoms with E-state index in [4.69, 9.17) is 18.5 Å². The Morgan fingerprint density at radius 3 is 2.15 bits per heavy atom. The molecule has 0 aromatic heterocycles. The Kier molecular flexibility index (Phi) is 3.36. The molecule has 1 aromatic carbocycles. The monoisotopic (exact) mass is 216 g/mol. The molecule has 0 aliphatic heterocycles. The largest absolute Gasteiger partial charge is 0.660 e. The third-order valence-corrected chi connectivity index (χ3v) is 5.61. The Morgan fingerprint density at radius 1 is 1.15 bits per heavy atom. The third kappa shape index (κ3) is 3.81. The second-order valence-electron chi connectivity index (χ2n) is 2.74. The first-order valence-corrected chi connectivity index (χ1v) is 7.84. The summed E-state index contributed by atoms with van der Waals surface area (Å²) >= 11 is 0. The molecule has 0 radical (unpaired) electrons. The zero-order chi connectivity index (χ0) is 9.90. The van der Waals surface area contributed by atoms with Crippen molar-refractivity contribution in [1.29, 1.82) is 0 Å². The van der Waals surface area contributed by atoms with E-state index in [1.54, 1.807) is 6.55 Å². The zero-order valence-electron chi connectivity index (χ0n) is 7.21. The van der Waals surface area contributed by atoms with E-state index in [0.29, 0.717) is 0 Å². The quantitative estimate of drug-likeness (QED) is 0.548. The van der Waals surface area contributed by atoms with Gasteiger partial charge in [0.2, 0.25) is 0 Å². The van der Waals surface area contributed by atoms with Crippen LogP contribution in [0.4, 0.5) is 0 Å². The average Bonchev–Trinajstić information content (AvgIpc) is 2.03. The Balaban J connectivity index is 2.64. The molecule has 1 aromatic rings. The molecule has 1 atom stereocenters. The van der Waals surface area contributed by atoms with Crippen molar-refractivity contribution < 1.29 is 18.5 Å². The fraction of sp³-hybridized carbons (Fsp3) is 0.143. The van der Waals surface area contributed by atoms with Crippen LogP contribution in [0.1, 0.15) is 0 Å². The van der Waals surface area contributed by atoms with E-state index in [1.807, 2.05) is 30.3 Å². The minimum Gasteiger partial charge on any atom is -0.393 e. The van der Waals surface area contributed by atoms with Crippen molar-refractivity contribution in [2.24, 2.45) is 0 Å². The van der Waals surface area contributed by atoms with Gasteiger partial charge in [0, 0.05) is 0 Å². The predicted molar refractivity (Wildman–Crippen MR) is 52.6 cm³/mol. The predicted octanol–water partition coefficient (Wildman–Crippen LogP) is -1.32. The van der Waals surface area contributed by atoms with Gasteiger partial charge in [-0.2, -0.15) is 0 Å². The average molecular weight is 216 g/mol. The van der Waals surface area contributed by atoms with Crippen LogP contribution in [0.5, 0.6) is 0 Å². The highest BCUT2D eigenvalue weighted by Crippen LogP contribution is 1.95. The summed E-state index contributed by atoms with van der Waals surface area (Å²) in [5.41, 5.74) is 0. The lowest BCUT2D eigenvalue weighted by Gasteiger charge is -2.16. The lowest BCUT2D eigenvalue weighted by Crippen LogP contribution is -2.47. The van der Waals surface area contributed by atoms with Crippen molar-refractivity contribution in [2.45, 2.75) is 6.55 Å². The third-order valence-electron chi connectivity index (χ3n) is 1.60. The number of benzene rings is 1. The van der Waals surface area contributed by atoms with Crippen LogP contribution < -0.4 is 5.19 Å². The van der Waals surface area contributed by atoms with Gasteiger partial charge in [-0.1, -0.05) is 30.3 Å². The molecule has 4 nitrogen and oxygen atoms in total. The van der Waals surface area contributed by atoms with Gasteiger partial charge >= 0.3 is 9.05 Å². The molecule has 0 bridgehead atoms. The van der Waals surface area contributed by atoms with E-state index in [-0.39, 0.29) is 0 Å². The topological polar surface area (TPSA) is 69.9 Å². The fourth-order valence-electron chi connectivity index (χ4n) is 1.03. The Morgan fingerprint density at radius 2 is 1.69 bits per heavy atom. The molecule has 0 aliphatic rings. The summed E-state index contributed by atoms with van der Waals surface area (Å²) in [6.45, 7) is 1.78. The summed E-state index contributed by atoms with van der Waals surface area (Å²) in [4.78, 5) is 26.1. The van der Waals surface area contributed by atoms with Gasteiger partial charge in [-0.05, 0) is 11.7 Å². The Bertz CT molecular complexity index is 259. The molecular weight excluding hydrogens is 204 g/mol. The van der Waals surface area contributed by atoms with Gasteiger partial charge in [0.05, 0.1) is 0 Å². The highest BCUT2D eigenvalue weighted by atomic mass is 28.4. The van der Waals surface area contributed by atoms with Gasteiger partial charge in [-0.15, -0.1) is 0 Å². The van der Waals surface area contributed by atoms with Crippen LogP contribution in [0.25, 0.3) is 0 Å². The van der Waals surface area contributed by atoms with Gasteiger partial charge in [0.25, 0.3) is 0 Å². The molecule has 1 rings (SSSR count). The summed E-state index contributed by atoms with van der Waals surface area (Å²) in [6.07, 6.45) is 0. The minimum absolute atomic E-state index is 0.927. The van der Waals surface area contributed by atoms with Crippen LogP contribution in [-0.2, 0) is 4.12 Å². The summed E-state index contributed by atoms with van der Waals surface area (Å²) < 4.78 is 4.77. The number of hydrogen-bond acceptors (Lipinski definition) is 4. The molecule has 0 saturated heterocycles. The van der Waals surface area contributed by atoms with Crippen LogP contribution >= 0.6 is 0 Å². The van der Waals surface area contributed by atoms with Gasteiger partial charge < -0.3 is 18.5 Å². The minimum atomic E-state index is -4.34. The fourth-order valence-corrected chi connectivity index (χ4v) is 4.24. The van der Waals surface area contributed by atoms with Gasteiger partial charge in [-0.25, -0.2) is 0 Å². The molecule has 72 valence electrons. The molecule has 0 heterocycles. The molecule has 1 unspecified atom stereocenters. The van der Waals surface area contributed by atoms with E-state index in [0.717, 1.165) is 5.19 Å². The second-order valence-corrected chi connectivity index (χ2v) is 6.79. The molecule has 0 fully saturated rings. The van der Waals surface area contributed by atoms with Crippen LogP contribution in [0, 0.1) is 0 Å². The van der Waals surface area contributed by atoms with E-state index in [9.17, 15) is 0 Å². The smallest absolute Gasteiger partial charge is 0.393 e. The molecule has 0 aliphatic carbocycles. The first-order chi connectivity index (χ1) is 5.99. The van der Waals surface area contributed by atoms with Crippen molar-refractivity contribution in [3.05, 3.63) is 30.3 Å². The highest BCUT2D eigenvalue weighted by molar-refractivity contribution is 6.73. The van der Waals surface area contributed by atoms with Crippen LogP contribution in [0.2, 0.25) is 6.55 Å². The van der Waals surface area contributed by atoms with Crippen molar-refractivity contribution >= 4 is 23.3 Å². The normalized spacial score (nSPS) is 14.2. The molecule has 0 saturated carbocycles. The van der Waals surface area contributed by atoms with E-state index >= 15 is 0 Å². The first kappa shape index (κ1) is 10.6. The summed E-state index contributed by atoms with van der Waals surface area (Å²) in [6, 6.07) is 9.25. The van der Waals surface area contributed by atoms with Crippen LogP contribution in [0.3, 0.4) is 0 Å². The molecule has 0 spiro atoms. The maximum absolute atomic E-state index is 8.71. The Labute approximate surface area is 79.3 Å². The first-order valence-electron chi connectivity index (χ1n) is 3.89. The molecule has 3 N–H and O–H groups in total. The molecule has 0 amide bonds. The van der Waals surface area contributed by atoms with Gasteiger partial charge in [0.15, 0.2) is 9.04 Å². The second kappa shape index (κ2) is 4.14. The maximum Gasteiger partial charge on any atom is 0.660 e. The molecule has 6 heteroatoms. The number of rotatable bonds is 3. The lowest BCUT2D eigenvalue weighted by atomic mass is 10.4. The number of hydrogen-bond donors (Lipinski definition) is 3. The van der Waals surface area contributed by atoms with E-state index in [1.165, 1.54) is 0 Å². The maximum atomic E-state index is 8.71. The van der Waals surface area contributed by atoms with Crippen molar-refractivity contribution in [2.75, 3.05) is 0 Å². The molecule has 13 heavy (non-hydrogen) atoms. The SMILES string of the molecule is C[SiH](O[Si](O)(O)O)c1ccccc1. The highest BCUT2D eigenvalue weighted by Gasteiger charge is 2.33. The van der Waals surface area contributed by atoms with Crippen molar-refractivity contribution in [1.82, 2.24) is 0 Å². The van der Waals surface area contributed by atoms with Crippen LogP contribution in [0.15, 0.2) is 30.3 Å². The van der Waals surface area contributed by atoms with E-state index < -0.39 is 18.1 Å². The van der Waals surface area contributed by atoms with Crippen molar-refractivity contribution in [3.8, 4) is 0 Å². The molecular formula is C7H12O4Si2. The van der Waals surface area contributed by atoms with Crippen LogP contribution in [-0.4, -0.2) is 32.5 Å². The summed E-state index contributed by atoms with van der Waals surface area (Å²) in [7, 11) is -6.22. The van der Waals surface area contributed by atoms with E-state index in [2.05, 4.69) is 0 Å². The van der Waals surface area contributed by atoms with Gasteiger partial charge in [-0.3, -0.25) is 0 Å². The summed E-state index contributed by atoms with van der Waals surface area (Å²) in [5.74, 6) is 0. The summed E-state index contributed by atoms with van der Waals surface area (Å²) in [5, 5.41) is 0.927. The Hall–Kier alpha value is -0.506. The van der Waals surface area contributed by atoms with Crippen molar-refractivity contribution in [3.63, 3.8) is 0 Å². The standard InChI is InChI=1S/C7H12O4Si2/c1-12(11-13(8,9)10)7-5-3-2-4-6-7/h2-6,8-10,12H,1H3. The van der Waals surface area contributed by atoms with Gasteiger partial charge in [0.1, 0.15) is 0 Å². The zero-order valence-corrected chi connectivity index (χ0v) is 9.37. The lowest BCUT2D eigenvalue weighted by molar-refractivity contribution is 0.129.